The number of hydrogen-bond donors (Lipinski definition) is 0. The van der Waals surface area contributed by atoms with Gasteiger partial charge in [0.2, 0.25) is 11.5 Å². The number of carbonyl (C=O) groups is 1. The predicted octanol–water partition coefficient (Wildman–Crippen LogP) is 2.60. The lowest BCUT2D eigenvalue weighted by Gasteiger charge is -2.23. The molecule has 1 amide bonds. The summed E-state index contributed by atoms with van der Waals surface area (Å²) in [5.74, 6) is 0.0672. The molecule has 3 aromatic rings. The lowest BCUT2D eigenvalue weighted by molar-refractivity contribution is -0.124. The van der Waals surface area contributed by atoms with Gasteiger partial charge in [0.05, 0.1) is 17.3 Å². The lowest BCUT2D eigenvalue weighted by atomic mass is 9.75. The number of pyridine rings is 1. The highest BCUT2D eigenvalue weighted by Crippen LogP contribution is 2.54. The van der Waals surface area contributed by atoms with Gasteiger partial charge in [-0.3, -0.25) is 9.59 Å². The van der Waals surface area contributed by atoms with E-state index < -0.39 is 5.41 Å². The summed E-state index contributed by atoms with van der Waals surface area (Å²) in [6, 6.07) is 9.52. The van der Waals surface area contributed by atoms with Gasteiger partial charge >= 0.3 is 0 Å². The van der Waals surface area contributed by atoms with Gasteiger partial charge in [0, 0.05) is 49.7 Å². The Balaban J connectivity index is 1.60. The number of anilines is 1. The van der Waals surface area contributed by atoms with Crippen LogP contribution < -0.4 is 10.5 Å². The molecule has 2 fully saturated rings. The van der Waals surface area contributed by atoms with Gasteiger partial charge in [-0.1, -0.05) is 6.92 Å². The molecule has 0 aromatic carbocycles. The third-order valence-electron chi connectivity index (χ3n) is 6.44. The predicted molar refractivity (Wildman–Crippen MR) is 108 cm³/mol. The second kappa shape index (κ2) is 6.05. The van der Waals surface area contributed by atoms with E-state index in [9.17, 15) is 14.9 Å². The van der Waals surface area contributed by atoms with Crippen molar-refractivity contribution in [3.8, 4) is 17.2 Å². The van der Waals surface area contributed by atoms with E-state index in [2.05, 4.69) is 11.2 Å². The van der Waals surface area contributed by atoms with Crippen LogP contribution in [0.4, 0.5) is 5.69 Å². The maximum atomic E-state index is 13.4. The first-order valence-corrected chi connectivity index (χ1v) is 9.83. The summed E-state index contributed by atoms with van der Waals surface area (Å²) < 4.78 is 3.28. The number of nitriles is 1. The van der Waals surface area contributed by atoms with Crippen molar-refractivity contribution in [2.24, 2.45) is 24.3 Å². The third kappa shape index (κ3) is 2.45. The Labute approximate surface area is 167 Å². The summed E-state index contributed by atoms with van der Waals surface area (Å²) in [7, 11) is 1.72. The molecular weight excluding hydrogens is 366 g/mol. The molecule has 1 saturated carbocycles. The van der Waals surface area contributed by atoms with Crippen LogP contribution in [0.5, 0.6) is 0 Å². The Bertz CT molecular complexity index is 1250. The van der Waals surface area contributed by atoms with Crippen LogP contribution in [-0.4, -0.2) is 26.6 Å². The molecule has 5 rings (SSSR count). The smallest absolute Gasteiger partial charge is 0.250 e. The van der Waals surface area contributed by atoms with E-state index in [-0.39, 0.29) is 23.3 Å². The van der Waals surface area contributed by atoms with E-state index in [1.807, 2.05) is 25.3 Å². The van der Waals surface area contributed by atoms with Crippen LogP contribution in [0.15, 0.2) is 47.7 Å². The van der Waals surface area contributed by atoms with Crippen molar-refractivity contribution >= 4 is 17.1 Å². The Morgan fingerprint density at radius 2 is 1.97 bits per heavy atom. The second-order valence-electron chi connectivity index (χ2n) is 8.21. The fraction of sp³-hybridized carbons (Fsp3) is 0.364. The topological polar surface area (TPSA) is 83.4 Å². The third-order valence-corrected chi connectivity index (χ3v) is 6.44. The van der Waals surface area contributed by atoms with E-state index in [0.29, 0.717) is 6.54 Å². The van der Waals surface area contributed by atoms with Gasteiger partial charge in [-0.15, -0.1) is 0 Å². The van der Waals surface area contributed by atoms with Crippen LogP contribution in [-0.2, 0) is 11.8 Å². The molecule has 7 heteroatoms. The van der Waals surface area contributed by atoms with Gasteiger partial charge in [-0.25, -0.2) is 4.52 Å². The summed E-state index contributed by atoms with van der Waals surface area (Å²) in [5.41, 5.74) is 2.41. The fourth-order valence-corrected chi connectivity index (χ4v) is 4.66. The van der Waals surface area contributed by atoms with Crippen molar-refractivity contribution in [1.82, 2.24) is 14.2 Å². The molecule has 0 radical (unpaired) electrons. The first kappa shape index (κ1) is 17.7. The summed E-state index contributed by atoms with van der Waals surface area (Å²) in [6.07, 6.45) is 7.25. The van der Waals surface area contributed by atoms with Gasteiger partial charge < -0.3 is 9.47 Å². The van der Waals surface area contributed by atoms with E-state index in [1.54, 1.807) is 34.9 Å². The number of fused-ring (bicyclic) bond motifs is 1. The molecule has 0 bridgehead atoms. The summed E-state index contributed by atoms with van der Waals surface area (Å²) in [4.78, 5) is 26.8. The Morgan fingerprint density at radius 3 is 2.66 bits per heavy atom. The van der Waals surface area contributed by atoms with Gasteiger partial charge in [0.15, 0.2) is 0 Å². The molecule has 7 nitrogen and oxygen atoms in total. The molecule has 0 unspecified atom stereocenters. The number of aromatic nitrogens is 3. The highest BCUT2D eigenvalue weighted by Gasteiger charge is 2.61. The molecule has 0 spiro atoms. The van der Waals surface area contributed by atoms with Crippen LogP contribution in [0, 0.1) is 28.6 Å². The number of rotatable bonds is 3. The van der Waals surface area contributed by atoms with Crippen molar-refractivity contribution in [2.45, 2.75) is 19.8 Å². The molecule has 146 valence electrons. The number of aryl methyl sites for hydroxylation is 1. The average molecular weight is 387 g/mol. The Kier molecular flexibility index (Phi) is 3.69. The van der Waals surface area contributed by atoms with Crippen LogP contribution in [0.3, 0.4) is 0 Å². The molecule has 29 heavy (non-hydrogen) atoms. The first-order valence-electron chi connectivity index (χ1n) is 9.83. The van der Waals surface area contributed by atoms with Crippen LogP contribution in [0.1, 0.15) is 19.8 Å². The Morgan fingerprint density at radius 1 is 1.17 bits per heavy atom. The molecule has 4 heterocycles. The molecule has 2 aliphatic rings. The van der Waals surface area contributed by atoms with Gasteiger partial charge in [0.25, 0.3) is 0 Å². The standard InChI is InChI=1S/C22H21N5O2/c1-14-10-26(21(29)22(14,13-23)17-4-5-17)18-7-8-24-27-12-16(9-19(18)27)15-3-6-20(28)25(2)11-15/h3,6-9,11-12,14,17H,4-5,10H2,1-2H3/t14-,22+/m1/s1. The Hall–Kier alpha value is -3.40. The maximum absolute atomic E-state index is 13.4. The zero-order valence-corrected chi connectivity index (χ0v) is 16.4. The van der Waals surface area contributed by atoms with Crippen molar-refractivity contribution in [3.63, 3.8) is 0 Å². The molecule has 0 N–H and O–H groups in total. The number of carbonyl (C=O) groups excluding carboxylic acids is 1. The molecule has 1 saturated heterocycles. The van der Waals surface area contributed by atoms with E-state index in [1.165, 1.54) is 10.6 Å². The minimum atomic E-state index is -0.909. The number of nitrogens with zero attached hydrogens (tertiary/aromatic N) is 5. The summed E-state index contributed by atoms with van der Waals surface area (Å²) >= 11 is 0. The van der Waals surface area contributed by atoms with Crippen LogP contribution in [0.25, 0.3) is 16.6 Å². The van der Waals surface area contributed by atoms with Crippen molar-refractivity contribution in [1.29, 1.82) is 5.26 Å². The monoisotopic (exact) mass is 387 g/mol. The van der Waals surface area contributed by atoms with Crippen molar-refractivity contribution < 1.29 is 4.79 Å². The summed E-state index contributed by atoms with van der Waals surface area (Å²) in [6.45, 7) is 2.54. The van der Waals surface area contributed by atoms with Crippen molar-refractivity contribution in [2.75, 3.05) is 11.4 Å². The minimum Gasteiger partial charge on any atom is -0.318 e. The largest absolute Gasteiger partial charge is 0.318 e. The lowest BCUT2D eigenvalue weighted by Crippen LogP contribution is -2.37. The minimum absolute atomic E-state index is 0.0150. The second-order valence-corrected chi connectivity index (χ2v) is 8.21. The fourth-order valence-electron chi connectivity index (χ4n) is 4.66. The van der Waals surface area contributed by atoms with Crippen LogP contribution in [0.2, 0.25) is 0 Å². The quantitative estimate of drug-likeness (QED) is 0.692. The average Bonchev–Trinajstić information content (AvgIpc) is 3.40. The molecule has 2 atom stereocenters. The normalized spacial score (nSPS) is 24.2. The molecule has 1 aliphatic carbocycles. The van der Waals surface area contributed by atoms with Crippen molar-refractivity contribution in [3.05, 3.63) is 53.2 Å². The van der Waals surface area contributed by atoms with Gasteiger partial charge in [0.1, 0.15) is 5.41 Å². The SMILES string of the molecule is C[C@@H]1CN(c2ccnn3cc(-c4ccc(=O)n(C)c4)cc23)C(=O)[C@]1(C#N)C1CC1. The number of amides is 1. The molecule has 1 aliphatic heterocycles. The molecular formula is C22H21N5O2. The van der Waals surface area contributed by atoms with E-state index in [0.717, 1.165) is 35.2 Å². The zero-order chi connectivity index (χ0) is 20.3. The van der Waals surface area contributed by atoms with E-state index in [4.69, 9.17) is 0 Å². The highest BCUT2D eigenvalue weighted by atomic mass is 16.2. The zero-order valence-electron chi connectivity index (χ0n) is 16.4. The first-order chi connectivity index (χ1) is 14.0. The highest BCUT2D eigenvalue weighted by molar-refractivity contribution is 6.05. The van der Waals surface area contributed by atoms with Gasteiger partial charge in [-0.05, 0) is 42.5 Å². The maximum Gasteiger partial charge on any atom is 0.250 e. The summed E-state index contributed by atoms with van der Waals surface area (Å²) in [5, 5.41) is 14.3. The van der Waals surface area contributed by atoms with Crippen LogP contribution >= 0.6 is 0 Å². The molecule has 3 aromatic heterocycles. The van der Waals surface area contributed by atoms with E-state index >= 15 is 0 Å². The number of hydrogen-bond acceptors (Lipinski definition) is 4. The van der Waals surface area contributed by atoms with Gasteiger partial charge in [-0.2, -0.15) is 10.4 Å².